The summed E-state index contributed by atoms with van der Waals surface area (Å²) >= 11 is 0. The number of rotatable bonds is 4. The molecule has 0 aliphatic carbocycles. The Labute approximate surface area is 63.8 Å². The molecule has 0 heterocycles. The zero-order valence-corrected chi connectivity index (χ0v) is 7.48. The SMILES string of the molecule is CCN([O-])C(C)(CC)CC. The van der Waals surface area contributed by atoms with Gasteiger partial charge in [0.1, 0.15) is 0 Å². The van der Waals surface area contributed by atoms with E-state index < -0.39 is 0 Å². The Bertz CT molecular complexity index is 89.3. The molecule has 0 rings (SSSR count). The Hall–Kier alpha value is -0.0800. The fourth-order valence-electron chi connectivity index (χ4n) is 0.984. The van der Waals surface area contributed by atoms with E-state index >= 15 is 0 Å². The van der Waals surface area contributed by atoms with Gasteiger partial charge in [0.25, 0.3) is 0 Å². The molecule has 62 valence electrons. The third kappa shape index (κ3) is 1.96. The van der Waals surface area contributed by atoms with Gasteiger partial charge in [0.2, 0.25) is 0 Å². The Kier molecular flexibility index (Phi) is 3.91. The summed E-state index contributed by atoms with van der Waals surface area (Å²) in [7, 11) is 0. The quantitative estimate of drug-likeness (QED) is 0.566. The van der Waals surface area contributed by atoms with Gasteiger partial charge in [-0.2, -0.15) is 0 Å². The predicted octanol–water partition coefficient (Wildman–Crippen LogP) is 2.38. The van der Waals surface area contributed by atoms with Crippen molar-refractivity contribution in [2.45, 2.75) is 46.1 Å². The average molecular weight is 144 g/mol. The summed E-state index contributed by atoms with van der Waals surface area (Å²) in [6.45, 7) is 8.63. The number of hydrogen-bond acceptors (Lipinski definition) is 2. The van der Waals surface area contributed by atoms with E-state index in [1.165, 1.54) is 5.06 Å². The van der Waals surface area contributed by atoms with Crippen molar-refractivity contribution >= 4 is 0 Å². The van der Waals surface area contributed by atoms with Crippen molar-refractivity contribution in [3.8, 4) is 0 Å². The molecule has 0 aliphatic rings. The van der Waals surface area contributed by atoms with Crippen molar-refractivity contribution in [2.75, 3.05) is 6.54 Å². The smallest absolute Gasteiger partial charge is 0.00563 e. The highest BCUT2D eigenvalue weighted by Gasteiger charge is 2.19. The summed E-state index contributed by atoms with van der Waals surface area (Å²) < 4.78 is 0. The molecular weight excluding hydrogens is 126 g/mol. The number of nitrogens with zero attached hydrogens (tertiary/aromatic N) is 1. The predicted molar refractivity (Wildman–Crippen MR) is 44.7 cm³/mol. The summed E-state index contributed by atoms with van der Waals surface area (Å²) in [4.78, 5) is 0. The first-order chi connectivity index (χ1) is 4.60. The van der Waals surface area contributed by atoms with E-state index in [-0.39, 0.29) is 5.54 Å². The summed E-state index contributed by atoms with van der Waals surface area (Å²) in [6, 6.07) is 0. The molecule has 0 radical (unpaired) electrons. The van der Waals surface area contributed by atoms with Crippen LogP contribution in [0.15, 0.2) is 0 Å². The van der Waals surface area contributed by atoms with Crippen LogP contribution in [0.4, 0.5) is 0 Å². The van der Waals surface area contributed by atoms with Gasteiger partial charge in [0.15, 0.2) is 0 Å². The van der Waals surface area contributed by atoms with Crippen LogP contribution in [0.1, 0.15) is 40.5 Å². The molecular formula is C8H18NO-. The minimum atomic E-state index is -0.130. The monoisotopic (exact) mass is 144 g/mol. The largest absolute Gasteiger partial charge is 0.785 e. The van der Waals surface area contributed by atoms with Crippen molar-refractivity contribution in [1.29, 1.82) is 0 Å². The van der Waals surface area contributed by atoms with Gasteiger partial charge in [-0.05, 0) is 26.3 Å². The Morgan fingerprint density at radius 3 is 1.70 bits per heavy atom. The highest BCUT2D eigenvalue weighted by atomic mass is 16.5. The van der Waals surface area contributed by atoms with E-state index in [9.17, 15) is 5.21 Å². The lowest BCUT2D eigenvalue weighted by atomic mass is 9.95. The normalized spacial score (nSPS) is 12.6. The third-order valence-electron chi connectivity index (χ3n) is 2.41. The first kappa shape index (κ1) is 9.92. The van der Waals surface area contributed by atoms with Crippen LogP contribution >= 0.6 is 0 Å². The Morgan fingerprint density at radius 1 is 1.20 bits per heavy atom. The Balaban J connectivity index is 4.02. The summed E-state index contributed by atoms with van der Waals surface area (Å²) in [5.41, 5.74) is -0.130. The first-order valence-electron chi connectivity index (χ1n) is 4.05. The van der Waals surface area contributed by atoms with Gasteiger partial charge < -0.3 is 10.3 Å². The Morgan fingerprint density at radius 2 is 1.60 bits per heavy atom. The average Bonchev–Trinajstić information content (AvgIpc) is 2.01. The molecule has 10 heavy (non-hydrogen) atoms. The second-order valence-corrected chi connectivity index (χ2v) is 2.90. The molecule has 0 aromatic heterocycles. The van der Waals surface area contributed by atoms with Gasteiger partial charge in [-0.1, -0.05) is 20.8 Å². The van der Waals surface area contributed by atoms with Gasteiger partial charge >= 0.3 is 0 Å². The lowest BCUT2D eigenvalue weighted by molar-refractivity contribution is 0.160. The first-order valence-corrected chi connectivity index (χ1v) is 4.05. The van der Waals surface area contributed by atoms with Crippen LogP contribution in [-0.4, -0.2) is 17.1 Å². The molecule has 0 aromatic rings. The maximum absolute atomic E-state index is 11.2. The van der Waals surface area contributed by atoms with Crippen LogP contribution in [0.25, 0.3) is 0 Å². The zero-order chi connectivity index (χ0) is 8.20. The van der Waals surface area contributed by atoms with E-state index in [0.717, 1.165) is 12.8 Å². The molecule has 0 unspecified atom stereocenters. The van der Waals surface area contributed by atoms with E-state index in [1.807, 2.05) is 13.8 Å². The van der Waals surface area contributed by atoms with E-state index in [2.05, 4.69) is 13.8 Å². The molecule has 0 fully saturated rings. The third-order valence-corrected chi connectivity index (χ3v) is 2.41. The summed E-state index contributed by atoms with van der Waals surface area (Å²) in [5.74, 6) is 0. The van der Waals surface area contributed by atoms with Crippen LogP contribution in [-0.2, 0) is 0 Å². The molecule has 2 heteroatoms. The van der Waals surface area contributed by atoms with Gasteiger partial charge in [-0.15, -0.1) is 0 Å². The molecule has 0 saturated carbocycles. The molecule has 0 atom stereocenters. The van der Waals surface area contributed by atoms with Crippen LogP contribution in [0.3, 0.4) is 0 Å². The minimum absolute atomic E-state index is 0.130. The zero-order valence-electron chi connectivity index (χ0n) is 7.48. The van der Waals surface area contributed by atoms with Crippen LogP contribution in [0, 0.1) is 5.21 Å². The lowest BCUT2D eigenvalue weighted by Gasteiger charge is -2.45. The molecule has 0 N–H and O–H groups in total. The number of hydrogen-bond donors (Lipinski definition) is 0. The topological polar surface area (TPSA) is 26.3 Å². The van der Waals surface area contributed by atoms with Crippen LogP contribution in [0.5, 0.6) is 0 Å². The van der Waals surface area contributed by atoms with Crippen LogP contribution < -0.4 is 0 Å². The maximum atomic E-state index is 11.2. The molecule has 0 amide bonds. The maximum Gasteiger partial charge on any atom is 0.00563 e. The molecule has 0 aliphatic heterocycles. The van der Waals surface area contributed by atoms with Gasteiger partial charge in [-0.3, -0.25) is 0 Å². The second kappa shape index (κ2) is 3.94. The van der Waals surface area contributed by atoms with Crippen molar-refractivity contribution in [3.05, 3.63) is 5.21 Å². The molecule has 0 aromatic carbocycles. The second-order valence-electron chi connectivity index (χ2n) is 2.90. The molecule has 0 spiro atoms. The van der Waals surface area contributed by atoms with E-state index in [4.69, 9.17) is 0 Å². The highest BCUT2D eigenvalue weighted by Crippen LogP contribution is 2.21. The van der Waals surface area contributed by atoms with E-state index in [1.54, 1.807) is 0 Å². The van der Waals surface area contributed by atoms with Gasteiger partial charge in [-0.25, -0.2) is 0 Å². The summed E-state index contributed by atoms with van der Waals surface area (Å²) in [6.07, 6.45) is 1.86. The molecule has 2 nitrogen and oxygen atoms in total. The molecule has 0 saturated heterocycles. The minimum Gasteiger partial charge on any atom is -0.785 e. The van der Waals surface area contributed by atoms with Crippen molar-refractivity contribution in [2.24, 2.45) is 0 Å². The highest BCUT2D eigenvalue weighted by molar-refractivity contribution is 4.82. The number of hydroxylamine groups is 2. The molecule has 0 bridgehead atoms. The van der Waals surface area contributed by atoms with Gasteiger partial charge in [0.05, 0.1) is 0 Å². The fourth-order valence-corrected chi connectivity index (χ4v) is 0.984. The van der Waals surface area contributed by atoms with E-state index in [0.29, 0.717) is 6.54 Å². The lowest BCUT2D eigenvalue weighted by Crippen LogP contribution is -2.41. The van der Waals surface area contributed by atoms with Crippen molar-refractivity contribution in [3.63, 3.8) is 0 Å². The van der Waals surface area contributed by atoms with Crippen molar-refractivity contribution in [1.82, 2.24) is 5.06 Å². The summed E-state index contributed by atoms with van der Waals surface area (Å²) in [5, 5.41) is 12.4. The standard InChI is InChI=1S/C8H18NO/c1-5-8(4,6-2)9(10)7-3/h5-7H2,1-4H3/q-1. The van der Waals surface area contributed by atoms with Crippen LogP contribution in [0.2, 0.25) is 0 Å². The fraction of sp³-hybridized carbons (Fsp3) is 1.00. The van der Waals surface area contributed by atoms with Crippen molar-refractivity contribution < 1.29 is 0 Å². The van der Waals surface area contributed by atoms with Gasteiger partial charge in [0, 0.05) is 5.54 Å².